The summed E-state index contributed by atoms with van der Waals surface area (Å²) in [5, 5.41) is 12.6. The van der Waals surface area contributed by atoms with Gasteiger partial charge in [0, 0.05) is 0 Å². The van der Waals surface area contributed by atoms with Gasteiger partial charge in [0.15, 0.2) is 5.13 Å². The second-order valence-electron chi connectivity index (χ2n) is 5.82. The molecule has 6 heteroatoms. The Kier molecular flexibility index (Phi) is 4.11. The molecule has 0 spiro atoms. The highest BCUT2D eigenvalue weighted by Crippen LogP contribution is 2.32. The van der Waals surface area contributed by atoms with Gasteiger partial charge in [0.2, 0.25) is 5.91 Å². The molecule has 1 heterocycles. The first-order chi connectivity index (χ1) is 10.5. The minimum atomic E-state index is -0.875. The first-order valence-electron chi connectivity index (χ1n) is 7.45. The van der Waals surface area contributed by atoms with Gasteiger partial charge in [-0.3, -0.25) is 9.59 Å². The highest BCUT2D eigenvalue weighted by molar-refractivity contribution is 7.22. The monoisotopic (exact) mass is 318 g/mol. The van der Waals surface area contributed by atoms with Crippen molar-refractivity contribution in [1.82, 2.24) is 4.98 Å². The molecule has 1 fully saturated rings. The van der Waals surface area contributed by atoms with Crippen molar-refractivity contribution in [2.75, 3.05) is 5.32 Å². The first-order valence-corrected chi connectivity index (χ1v) is 8.27. The highest BCUT2D eigenvalue weighted by Gasteiger charge is 2.35. The Morgan fingerprint density at radius 3 is 2.73 bits per heavy atom. The molecule has 0 saturated heterocycles. The summed E-state index contributed by atoms with van der Waals surface area (Å²) in [6.07, 6.45) is 2.99. The Morgan fingerprint density at radius 1 is 1.27 bits per heavy atom. The Morgan fingerprint density at radius 2 is 2.00 bits per heavy atom. The van der Waals surface area contributed by atoms with E-state index < -0.39 is 17.8 Å². The number of hydrogen-bond acceptors (Lipinski definition) is 4. The smallest absolute Gasteiger partial charge is 0.307 e. The fourth-order valence-corrected chi connectivity index (χ4v) is 3.99. The molecule has 1 aromatic heterocycles. The van der Waals surface area contributed by atoms with Gasteiger partial charge in [0.25, 0.3) is 0 Å². The number of carboxylic acids is 1. The number of aromatic nitrogens is 1. The number of nitrogens with one attached hydrogen (secondary N) is 1. The maximum absolute atomic E-state index is 12.4. The van der Waals surface area contributed by atoms with Gasteiger partial charge in [0.05, 0.1) is 22.1 Å². The number of thiazole rings is 1. The first kappa shape index (κ1) is 15.0. The molecule has 1 aliphatic carbocycles. The Bertz CT molecular complexity index is 725. The van der Waals surface area contributed by atoms with Gasteiger partial charge in [-0.25, -0.2) is 4.98 Å². The molecular formula is C16H18N2O3S. The fraction of sp³-hybridized carbons (Fsp3) is 0.438. The number of carbonyl (C=O) groups excluding carboxylic acids is 1. The lowest BCUT2D eigenvalue weighted by Crippen LogP contribution is -2.36. The third-order valence-electron chi connectivity index (χ3n) is 4.19. The van der Waals surface area contributed by atoms with Crippen LogP contribution < -0.4 is 5.32 Å². The molecule has 1 saturated carbocycles. The van der Waals surface area contributed by atoms with E-state index in [1.807, 2.05) is 25.1 Å². The quantitative estimate of drug-likeness (QED) is 0.908. The van der Waals surface area contributed by atoms with Crippen LogP contribution in [0.3, 0.4) is 0 Å². The molecule has 2 atom stereocenters. The Balaban J connectivity index is 1.78. The topological polar surface area (TPSA) is 79.3 Å². The largest absolute Gasteiger partial charge is 0.481 e. The summed E-state index contributed by atoms with van der Waals surface area (Å²) >= 11 is 1.42. The molecule has 0 radical (unpaired) electrons. The van der Waals surface area contributed by atoms with Crippen molar-refractivity contribution < 1.29 is 14.7 Å². The zero-order valence-corrected chi connectivity index (χ0v) is 13.2. The van der Waals surface area contributed by atoms with Crippen LogP contribution in [-0.2, 0) is 9.59 Å². The number of anilines is 1. The summed E-state index contributed by atoms with van der Waals surface area (Å²) in [5.74, 6) is -2.13. The maximum Gasteiger partial charge on any atom is 0.307 e. The summed E-state index contributed by atoms with van der Waals surface area (Å²) in [7, 11) is 0. The molecule has 2 N–H and O–H groups in total. The third kappa shape index (κ3) is 2.97. The zero-order valence-electron chi connectivity index (χ0n) is 12.3. The lowest BCUT2D eigenvalue weighted by Gasteiger charge is -2.26. The number of carboxylic acid groups (broad SMARTS) is 1. The Hall–Kier alpha value is -1.95. The lowest BCUT2D eigenvalue weighted by molar-refractivity contribution is -0.147. The predicted molar refractivity (Wildman–Crippen MR) is 86.1 cm³/mol. The lowest BCUT2D eigenvalue weighted by atomic mass is 9.79. The van der Waals surface area contributed by atoms with Crippen LogP contribution in [0.15, 0.2) is 18.2 Å². The number of carbonyl (C=O) groups is 2. The van der Waals surface area contributed by atoms with Gasteiger partial charge in [-0.15, -0.1) is 0 Å². The van der Waals surface area contributed by atoms with Crippen LogP contribution in [0.5, 0.6) is 0 Å². The van der Waals surface area contributed by atoms with Gasteiger partial charge in [-0.1, -0.05) is 30.2 Å². The normalized spacial score (nSPS) is 21.7. The average molecular weight is 318 g/mol. The van der Waals surface area contributed by atoms with Gasteiger partial charge in [-0.2, -0.15) is 0 Å². The average Bonchev–Trinajstić information content (AvgIpc) is 2.88. The summed E-state index contributed by atoms with van der Waals surface area (Å²) in [6, 6.07) is 5.94. The van der Waals surface area contributed by atoms with Gasteiger partial charge in [-0.05, 0) is 37.5 Å². The fourth-order valence-electron chi connectivity index (χ4n) is 3.02. The van der Waals surface area contributed by atoms with Crippen molar-refractivity contribution in [2.45, 2.75) is 32.6 Å². The zero-order chi connectivity index (χ0) is 15.7. The SMILES string of the molecule is Cc1ccc2nc(NC(=O)[C@H]3CCCC[C@@H]3C(=O)O)sc2c1. The van der Waals surface area contributed by atoms with Crippen molar-refractivity contribution in [3.05, 3.63) is 23.8 Å². The van der Waals surface area contributed by atoms with E-state index in [1.54, 1.807) is 0 Å². The molecule has 0 aliphatic heterocycles. The van der Waals surface area contributed by atoms with Crippen LogP contribution in [0.2, 0.25) is 0 Å². The molecule has 2 aromatic rings. The summed E-state index contributed by atoms with van der Waals surface area (Å²) in [4.78, 5) is 28.1. The molecule has 1 aromatic carbocycles. The Labute approximate surface area is 132 Å². The van der Waals surface area contributed by atoms with E-state index in [0.29, 0.717) is 18.0 Å². The van der Waals surface area contributed by atoms with E-state index in [4.69, 9.17) is 0 Å². The molecule has 0 unspecified atom stereocenters. The molecule has 1 aliphatic rings. The summed E-state index contributed by atoms with van der Waals surface area (Å²) in [5.41, 5.74) is 2.00. The molecular weight excluding hydrogens is 300 g/mol. The predicted octanol–water partition coefficient (Wildman–Crippen LogP) is 3.43. The van der Waals surface area contributed by atoms with E-state index in [-0.39, 0.29) is 5.91 Å². The van der Waals surface area contributed by atoms with E-state index in [9.17, 15) is 14.7 Å². The minimum Gasteiger partial charge on any atom is -0.481 e. The van der Waals surface area contributed by atoms with Crippen LogP contribution in [0.4, 0.5) is 5.13 Å². The van der Waals surface area contributed by atoms with Crippen molar-refractivity contribution in [1.29, 1.82) is 0 Å². The molecule has 22 heavy (non-hydrogen) atoms. The van der Waals surface area contributed by atoms with Crippen molar-refractivity contribution in [3.8, 4) is 0 Å². The van der Waals surface area contributed by atoms with Crippen molar-refractivity contribution in [2.24, 2.45) is 11.8 Å². The van der Waals surface area contributed by atoms with Gasteiger partial charge in [0.1, 0.15) is 0 Å². The number of benzene rings is 1. The summed E-state index contributed by atoms with van der Waals surface area (Å²) < 4.78 is 1.02. The van der Waals surface area contributed by atoms with E-state index in [1.165, 1.54) is 11.3 Å². The number of aryl methyl sites for hydroxylation is 1. The number of amides is 1. The molecule has 0 bridgehead atoms. The third-order valence-corrected chi connectivity index (χ3v) is 5.13. The second kappa shape index (κ2) is 6.04. The van der Waals surface area contributed by atoms with Gasteiger partial charge >= 0.3 is 5.97 Å². The van der Waals surface area contributed by atoms with E-state index in [2.05, 4.69) is 10.3 Å². The molecule has 1 amide bonds. The maximum atomic E-state index is 12.4. The van der Waals surface area contributed by atoms with Crippen molar-refractivity contribution >= 4 is 38.6 Å². The number of nitrogens with zero attached hydrogens (tertiary/aromatic N) is 1. The van der Waals surface area contributed by atoms with Crippen LogP contribution >= 0.6 is 11.3 Å². The van der Waals surface area contributed by atoms with E-state index >= 15 is 0 Å². The van der Waals surface area contributed by atoms with Crippen molar-refractivity contribution in [3.63, 3.8) is 0 Å². The molecule has 5 nitrogen and oxygen atoms in total. The number of rotatable bonds is 3. The van der Waals surface area contributed by atoms with E-state index in [0.717, 1.165) is 28.6 Å². The summed E-state index contributed by atoms with van der Waals surface area (Å²) in [6.45, 7) is 2.01. The van der Waals surface area contributed by atoms with Crippen LogP contribution in [0, 0.1) is 18.8 Å². The van der Waals surface area contributed by atoms with Gasteiger partial charge < -0.3 is 10.4 Å². The van der Waals surface area contributed by atoms with Crippen LogP contribution in [0.1, 0.15) is 31.2 Å². The van der Waals surface area contributed by atoms with Crippen LogP contribution in [0.25, 0.3) is 10.2 Å². The van der Waals surface area contributed by atoms with Crippen LogP contribution in [-0.4, -0.2) is 22.0 Å². The molecule has 116 valence electrons. The number of aliphatic carboxylic acids is 1. The number of hydrogen-bond donors (Lipinski definition) is 2. The highest BCUT2D eigenvalue weighted by atomic mass is 32.1. The molecule has 3 rings (SSSR count). The standard InChI is InChI=1S/C16H18N2O3S/c1-9-6-7-12-13(8-9)22-16(17-12)18-14(19)10-4-2-3-5-11(10)15(20)21/h6-8,10-11H,2-5H2,1H3,(H,20,21)(H,17,18,19)/t10-,11-/m0/s1. The number of fused-ring (bicyclic) bond motifs is 1. The minimum absolute atomic E-state index is 0.220. The second-order valence-corrected chi connectivity index (χ2v) is 6.85.